The van der Waals surface area contributed by atoms with Gasteiger partial charge in [-0.05, 0) is 49.9 Å². The summed E-state index contributed by atoms with van der Waals surface area (Å²) >= 11 is 0. The zero-order valence-corrected chi connectivity index (χ0v) is 12.0. The SMILES string of the molecule is Nc1c(C(=O)OC2CCCCC2)nnn1-c1ccc(F)cc1. The molecule has 1 aromatic heterocycles. The van der Waals surface area contributed by atoms with Crippen molar-refractivity contribution in [2.24, 2.45) is 0 Å². The molecule has 7 heteroatoms. The van der Waals surface area contributed by atoms with Crippen molar-refractivity contribution < 1.29 is 13.9 Å². The van der Waals surface area contributed by atoms with E-state index in [4.69, 9.17) is 10.5 Å². The minimum atomic E-state index is -0.558. The van der Waals surface area contributed by atoms with Crippen molar-refractivity contribution in [3.63, 3.8) is 0 Å². The number of hydrogen-bond donors (Lipinski definition) is 1. The second-order valence-corrected chi connectivity index (χ2v) is 5.38. The fourth-order valence-corrected chi connectivity index (χ4v) is 2.60. The van der Waals surface area contributed by atoms with Gasteiger partial charge in [0.15, 0.2) is 5.82 Å². The number of benzene rings is 1. The van der Waals surface area contributed by atoms with E-state index in [0.717, 1.165) is 25.7 Å². The molecule has 2 N–H and O–H groups in total. The number of carbonyl (C=O) groups excluding carboxylic acids is 1. The molecule has 1 aliphatic carbocycles. The van der Waals surface area contributed by atoms with Gasteiger partial charge in [0.1, 0.15) is 11.9 Å². The Morgan fingerprint density at radius 3 is 2.59 bits per heavy atom. The van der Waals surface area contributed by atoms with E-state index in [9.17, 15) is 9.18 Å². The van der Waals surface area contributed by atoms with Crippen LogP contribution < -0.4 is 5.73 Å². The van der Waals surface area contributed by atoms with Crippen LogP contribution in [0.1, 0.15) is 42.6 Å². The molecule has 0 spiro atoms. The Bertz CT molecular complexity index is 663. The molecule has 6 nitrogen and oxygen atoms in total. The summed E-state index contributed by atoms with van der Waals surface area (Å²) in [5.41, 5.74) is 6.45. The lowest BCUT2D eigenvalue weighted by Crippen LogP contribution is -2.21. The Morgan fingerprint density at radius 1 is 1.23 bits per heavy atom. The van der Waals surface area contributed by atoms with Crippen molar-refractivity contribution >= 4 is 11.8 Å². The highest BCUT2D eigenvalue weighted by Gasteiger charge is 2.24. The largest absolute Gasteiger partial charge is 0.458 e. The van der Waals surface area contributed by atoms with Crippen LogP contribution >= 0.6 is 0 Å². The molecule has 0 bridgehead atoms. The number of esters is 1. The molecule has 22 heavy (non-hydrogen) atoms. The van der Waals surface area contributed by atoms with Gasteiger partial charge in [-0.1, -0.05) is 11.6 Å². The molecule has 0 unspecified atom stereocenters. The first-order valence-electron chi connectivity index (χ1n) is 7.33. The number of rotatable bonds is 3. The van der Waals surface area contributed by atoms with Crippen LogP contribution in [0.15, 0.2) is 24.3 Å². The molecule has 116 valence electrons. The third-order valence-electron chi connectivity index (χ3n) is 3.80. The smallest absolute Gasteiger partial charge is 0.363 e. The van der Waals surface area contributed by atoms with Crippen LogP contribution in [0, 0.1) is 5.82 Å². The fourth-order valence-electron chi connectivity index (χ4n) is 2.60. The number of halogens is 1. The van der Waals surface area contributed by atoms with E-state index < -0.39 is 5.97 Å². The Hall–Kier alpha value is -2.44. The van der Waals surface area contributed by atoms with E-state index in [1.54, 1.807) is 0 Å². The van der Waals surface area contributed by atoms with Gasteiger partial charge in [-0.15, -0.1) is 5.10 Å². The molecule has 0 amide bonds. The van der Waals surface area contributed by atoms with Crippen LogP contribution in [-0.2, 0) is 4.74 Å². The normalized spacial score (nSPS) is 15.7. The second-order valence-electron chi connectivity index (χ2n) is 5.38. The summed E-state index contributed by atoms with van der Waals surface area (Å²) in [4.78, 5) is 12.2. The minimum Gasteiger partial charge on any atom is -0.458 e. The van der Waals surface area contributed by atoms with Crippen LogP contribution in [0.5, 0.6) is 0 Å². The zero-order chi connectivity index (χ0) is 15.5. The highest BCUT2D eigenvalue weighted by Crippen LogP contribution is 2.22. The molecule has 0 radical (unpaired) electrons. The third kappa shape index (κ3) is 2.93. The van der Waals surface area contributed by atoms with E-state index in [1.807, 2.05) is 0 Å². The number of carbonyl (C=O) groups is 1. The Labute approximate surface area is 127 Å². The number of nitrogens with zero attached hydrogens (tertiary/aromatic N) is 3. The van der Waals surface area contributed by atoms with Gasteiger partial charge in [-0.25, -0.2) is 9.18 Å². The summed E-state index contributed by atoms with van der Waals surface area (Å²) in [6, 6.07) is 5.60. The van der Waals surface area contributed by atoms with Gasteiger partial charge < -0.3 is 10.5 Å². The molecule has 0 atom stereocenters. The summed E-state index contributed by atoms with van der Waals surface area (Å²) in [5.74, 6) is -0.829. The predicted octanol–water partition coefficient (Wildman–Crippen LogP) is 2.48. The van der Waals surface area contributed by atoms with Crippen LogP contribution in [0.25, 0.3) is 5.69 Å². The molecular formula is C15H17FN4O2. The quantitative estimate of drug-likeness (QED) is 0.881. The first kappa shape index (κ1) is 14.5. The Morgan fingerprint density at radius 2 is 1.91 bits per heavy atom. The fraction of sp³-hybridized carbons (Fsp3) is 0.400. The lowest BCUT2D eigenvalue weighted by Gasteiger charge is -2.21. The van der Waals surface area contributed by atoms with Crippen molar-refractivity contribution in [2.75, 3.05) is 5.73 Å². The van der Waals surface area contributed by atoms with Crippen molar-refractivity contribution in [2.45, 2.75) is 38.2 Å². The summed E-state index contributed by atoms with van der Waals surface area (Å²) in [6.07, 6.45) is 4.98. The highest BCUT2D eigenvalue weighted by atomic mass is 19.1. The number of anilines is 1. The molecule has 1 aromatic carbocycles. The summed E-state index contributed by atoms with van der Waals surface area (Å²) in [6.45, 7) is 0. The molecule has 2 aromatic rings. The number of nitrogens with two attached hydrogens (primary N) is 1. The van der Waals surface area contributed by atoms with E-state index in [0.29, 0.717) is 5.69 Å². The summed E-state index contributed by atoms with van der Waals surface area (Å²) < 4.78 is 19.7. The topological polar surface area (TPSA) is 83.0 Å². The van der Waals surface area contributed by atoms with Gasteiger partial charge >= 0.3 is 5.97 Å². The van der Waals surface area contributed by atoms with Crippen LogP contribution in [0.3, 0.4) is 0 Å². The first-order valence-corrected chi connectivity index (χ1v) is 7.33. The number of hydrogen-bond acceptors (Lipinski definition) is 5. The molecule has 1 aliphatic rings. The Kier molecular flexibility index (Phi) is 4.04. The van der Waals surface area contributed by atoms with E-state index in [2.05, 4.69) is 10.3 Å². The standard InChI is InChI=1S/C15H17FN4O2/c16-10-6-8-11(9-7-10)20-14(17)13(18-19-20)15(21)22-12-4-2-1-3-5-12/h6-9,12H,1-5,17H2. The lowest BCUT2D eigenvalue weighted by atomic mass is 9.98. The molecule has 1 heterocycles. The van der Waals surface area contributed by atoms with E-state index in [-0.39, 0.29) is 23.4 Å². The molecule has 3 rings (SSSR count). The van der Waals surface area contributed by atoms with Gasteiger partial charge in [0, 0.05) is 0 Å². The first-order chi connectivity index (χ1) is 10.6. The average Bonchev–Trinajstić information content (AvgIpc) is 2.91. The maximum atomic E-state index is 12.9. The number of nitrogen functional groups attached to an aromatic ring is 1. The maximum Gasteiger partial charge on any atom is 0.363 e. The van der Waals surface area contributed by atoms with Gasteiger partial charge in [0.25, 0.3) is 0 Å². The van der Waals surface area contributed by atoms with E-state index >= 15 is 0 Å². The molecule has 1 saturated carbocycles. The predicted molar refractivity (Wildman–Crippen MR) is 78.0 cm³/mol. The highest BCUT2D eigenvalue weighted by molar-refractivity contribution is 5.92. The Balaban J connectivity index is 1.77. The van der Waals surface area contributed by atoms with Crippen molar-refractivity contribution in [1.82, 2.24) is 15.0 Å². The lowest BCUT2D eigenvalue weighted by molar-refractivity contribution is 0.0205. The van der Waals surface area contributed by atoms with Gasteiger partial charge in [-0.2, -0.15) is 4.68 Å². The zero-order valence-electron chi connectivity index (χ0n) is 12.0. The minimum absolute atomic E-state index is 0.00472. The van der Waals surface area contributed by atoms with E-state index in [1.165, 1.54) is 35.4 Å². The third-order valence-corrected chi connectivity index (χ3v) is 3.80. The molecular weight excluding hydrogens is 287 g/mol. The molecule has 0 saturated heterocycles. The van der Waals surface area contributed by atoms with Gasteiger partial charge in [0.05, 0.1) is 5.69 Å². The molecule has 0 aliphatic heterocycles. The van der Waals surface area contributed by atoms with Crippen LogP contribution in [0.4, 0.5) is 10.2 Å². The van der Waals surface area contributed by atoms with Crippen molar-refractivity contribution in [3.8, 4) is 5.69 Å². The monoisotopic (exact) mass is 304 g/mol. The summed E-state index contributed by atoms with van der Waals surface area (Å²) in [5, 5.41) is 7.65. The van der Waals surface area contributed by atoms with Gasteiger partial charge in [0.2, 0.25) is 5.69 Å². The second kappa shape index (κ2) is 6.13. The van der Waals surface area contributed by atoms with Crippen molar-refractivity contribution in [1.29, 1.82) is 0 Å². The van der Waals surface area contributed by atoms with Crippen LogP contribution in [0.2, 0.25) is 0 Å². The number of aromatic nitrogens is 3. The van der Waals surface area contributed by atoms with Crippen molar-refractivity contribution in [3.05, 3.63) is 35.8 Å². The maximum absolute atomic E-state index is 12.9. The van der Waals surface area contributed by atoms with Gasteiger partial charge in [-0.3, -0.25) is 0 Å². The summed E-state index contributed by atoms with van der Waals surface area (Å²) in [7, 11) is 0. The van der Waals surface area contributed by atoms with Crippen LogP contribution in [-0.4, -0.2) is 27.1 Å². The average molecular weight is 304 g/mol. The number of ether oxygens (including phenoxy) is 1. The molecule has 1 fully saturated rings.